The van der Waals surface area contributed by atoms with Crippen LogP contribution < -0.4 is 4.90 Å². The third-order valence-electron chi connectivity index (χ3n) is 7.04. The highest BCUT2D eigenvalue weighted by Crippen LogP contribution is 2.43. The Bertz CT molecular complexity index is 1640. The van der Waals surface area contributed by atoms with Crippen LogP contribution in [0.15, 0.2) is 150 Å². The third kappa shape index (κ3) is 5.07. The summed E-state index contributed by atoms with van der Waals surface area (Å²) in [6.07, 6.45) is 0.947. The molecule has 0 unspecified atom stereocenters. The fourth-order valence-corrected chi connectivity index (χ4v) is 5.01. The lowest BCUT2D eigenvalue weighted by molar-refractivity contribution is 1.09. The van der Waals surface area contributed by atoms with Gasteiger partial charge in [0.25, 0.3) is 0 Å². The summed E-state index contributed by atoms with van der Waals surface area (Å²) in [7, 11) is 0. The van der Waals surface area contributed by atoms with Crippen molar-refractivity contribution < 1.29 is 0 Å². The van der Waals surface area contributed by atoms with Gasteiger partial charge in [0, 0.05) is 34.8 Å². The number of rotatable bonds is 5. The van der Waals surface area contributed by atoms with Crippen LogP contribution in [0.3, 0.4) is 0 Å². The molecule has 0 bridgehead atoms. The summed E-state index contributed by atoms with van der Waals surface area (Å²) in [6.45, 7) is 6.24. The lowest BCUT2D eigenvalue weighted by Crippen LogP contribution is -2.18. The van der Waals surface area contributed by atoms with Gasteiger partial charge in [-0.1, -0.05) is 116 Å². The molecular weight excluding hydrogens is 474 g/mol. The van der Waals surface area contributed by atoms with Crippen LogP contribution >= 0.6 is 0 Å². The van der Waals surface area contributed by atoms with Crippen molar-refractivity contribution >= 4 is 34.3 Å². The van der Waals surface area contributed by atoms with Gasteiger partial charge in [-0.3, -0.25) is 0 Å². The molecule has 188 valence electrons. The van der Waals surface area contributed by atoms with Gasteiger partial charge in [0.05, 0.1) is 5.70 Å². The van der Waals surface area contributed by atoms with E-state index in [9.17, 15) is 0 Å². The number of hydrogen-bond acceptors (Lipinski definition) is 2. The van der Waals surface area contributed by atoms with Crippen molar-refractivity contribution in [2.24, 2.45) is 9.98 Å². The number of hydrogen-bond donors (Lipinski definition) is 0. The molecule has 6 rings (SSSR count). The summed E-state index contributed by atoms with van der Waals surface area (Å²) in [5.41, 5.74) is 10.8. The highest BCUT2D eigenvalue weighted by atomic mass is 15.2. The van der Waals surface area contributed by atoms with Gasteiger partial charge in [-0.25, -0.2) is 9.98 Å². The molecule has 0 amide bonds. The molecule has 5 aromatic rings. The van der Waals surface area contributed by atoms with Crippen molar-refractivity contribution in [3.8, 4) is 0 Å². The number of aliphatic imine (C=N–C) groups is 2. The third-order valence-corrected chi connectivity index (χ3v) is 7.04. The fraction of sp³-hybridized carbons (Fsp3) is 0.0556. The smallest absolute Gasteiger partial charge is 0.160 e. The molecule has 0 aliphatic carbocycles. The number of benzene rings is 5. The van der Waals surface area contributed by atoms with E-state index in [-0.39, 0.29) is 0 Å². The van der Waals surface area contributed by atoms with Crippen molar-refractivity contribution in [1.29, 1.82) is 0 Å². The summed E-state index contributed by atoms with van der Waals surface area (Å²) in [6, 6.07) is 46.0. The van der Waals surface area contributed by atoms with E-state index in [0.717, 1.165) is 34.5 Å². The molecule has 5 aromatic carbocycles. The lowest BCUT2D eigenvalue weighted by atomic mass is 9.95. The first-order valence-electron chi connectivity index (χ1n) is 13.2. The summed E-state index contributed by atoms with van der Waals surface area (Å²) in [5.74, 6) is 0.643. The first-order chi connectivity index (χ1) is 19.2. The Hall–Kier alpha value is -5.02. The first kappa shape index (κ1) is 24.3. The largest absolute Gasteiger partial charge is 0.310 e. The number of fused-ring (bicyclic) bond motifs is 2. The average Bonchev–Trinajstić information content (AvgIpc) is 3.00. The number of amidine groups is 1. The molecule has 1 aliphatic heterocycles. The number of para-hydroxylation sites is 2. The van der Waals surface area contributed by atoms with Gasteiger partial charge in [-0.05, 0) is 53.4 Å². The minimum Gasteiger partial charge on any atom is -0.310 e. The second-order valence-electron chi connectivity index (χ2n) is 9.63. The molecule has 3 nitrogen and oxygen atoms in total. The van der Waals surface area contributed by atoms with Crippen LogP contribution in [0.25, 0.3) is 5.70 Å². The SMILES string of the molecule is C=C(/N=C(\N=C(/C)c1ccc(N2c3ccccc3Cc3ccccc32)cc1)c1ccccc1)c1ccccc1. The van der Waals surface area contributed by atoms with E-state index in [0.29, 0.717) is 11.5 Å². The molecule has 0 saturated heterocycles. The Morgan fingerprint density at radius 3 is 1.67 bits per heavy atom. The molecule has 0 aromatic heterocycles. The van der Waals surface area contributed by atoms with Crippen LogP contribution in [0, 0.1) is 0 Å². The molecule has 0 fully saturated rings. The van der Waals surface area contributed by atoms with Crippen molar-refractivity contribution in [3.05, 3.63) is 168 Å². The normalized spacial score (nSPS) is 13.0. The van der Waals surface area contributed by atoms with Gasteiger partial charge in [-0.2, -0.15) is 0 Å². The minimum absolute atomic E-state index is 0.643. The maximum atomic E-state index is 4.99. The molecule has 0 N–H and O–H groups in total. The van der Waals surface area contributed by atoms with Crippen LogP contribution in [-0.4, -0.2) is 11.5 Å². The zero-order valence-electron chi connectivity index (χ0n) is 22.0. The van der Waals surface area contributed by atoms with Crippen LogP contribution in [0.2, 0.25) is 0 Å². The molecular formula is C36H29N3. The Morgan fingerprint density at radius 2 is 1.08 bits per heavy atom. The quantitative estimate of drug-likeness (QED) is 0.170. The van der Waals surface area contributed by atoms with Crippen LogP contribution in [0.5, 0.6) is 0 Å². The number of anilines is 3. The molecule has 39 heavy (non-hydrogen) atoms. The average molecular weight is 504 g/mol. The van der Waals surface area contributed by atoms with E-state index in [1.165, 1.54) is 22.5 Å². The molecule has 1 heterocycles. The van der Waals surface area contributed by atoms with E-state index in [4.69, 9.17) is 9.98 Å². The standard InChI is InChI=1S/C36H29N3/c1-26(28-13-5-3-6-14-28)37-36(30-15-7-4-8-16-30)38-27(2)29-21-23-33(24-22-29)39-34-19-11-9-17-31(34)25-32-18-10-12-20-35(32)39/h3-24H,1,25H2,2H3/b37-36-,38-27+. The second-order valence-corrected chi connectivity index (χ2v) is 9.63. The molecule has 0 spiro atoms. The summed E-state index contributed by atoms with van der Waals surface area (Å²) in [5, 5.41) is 0. The summed E-state index contributed by atoms with van der Waals surface area (Å²) in [4.78, 5) is 12.2. The molecule has 3 heteroatoms. The first-order valence-corrected chi connectivity index (χ1v) is 13.2. The summed E-state index contributed by atoms with van der Waals surface area (Å²) >= 11 is 0. The van der Waals surface area contributed by atoms with Gasteiger partial charge >= 0.3 is 0 Å². The van der Waals surface area contributed by atoms with Crippen LogP contribution in [0.1, 0.15) is 34.7 Å². The van der Waals surface area contributed by atoms with Gasteiger partial charge < -0.3 is 4.90 Å². The van der Waals surface area contributed by atoms with Gasteiger partial charge in [0.1, 0.15) is 0 Å². The predicted molar refractivity (Wildman–Crippen MR) is 165 cm³/mol. The molecule has 0 atom stereocenters. The zero-order valence-corrected chi connectivity index (χ0v) is 22.0. The Balaban J connectivity index is 1.35. The Labute approximate surface area is 230 Å². The topological polar surface area (TPSA) is 28.0 Å². The van der Waals surface area contributed by atoms with Crippen molar-refractivity contribution in [2.45, 2.75) is 13.3 Å². The van der Waals surface area contributed by atoms with E-state index in [1.54, 1.807) is 0 Å². The fourth-order valence-electron chi connectivity index (χ4n) is 5.01. The predicted octanol–water partition coefficient (Wildman–Crippen LogP) is 8.99. The zero-order chi connectivity index (χ0) is 26.6. The van der Waals surface area contributed by atoms with Crippen molar-refractivity contribution in [3.63, 3.8) is 0 Å². The van der Waals surface area contributed by atoms with Crippen molar-refractivity contribution in [2.75, 3.05) is 4.90 Å². The maximum Gasteiger partial charge on any atom is 0.160 e. The summed E-state index contributed by atoms with van der Waals surface area (Å²) < 4.78 is 0. The van der Waals surface area contributed by atoms with E-state index in [2.05, 4.69) is 84.3 Å². The highest BCUT2D eigenvalue weighted by molar-refractivity contribution is 6.12. The van der Waals surface area contributed by atoms with Gasteiger partial charge in [0.15, 0.2) is 5.84 Å². The van der Waals surface area contributed by atoms with Gasteiger partial charge in [-0.15, -0.1) is 0 Å². The Morgan fingerprint density at radius 1 is 0.564 bits per heavy atom. The molecule has 1 aliphatic rings. The lowest BCUT2D eigenvalue weighted by Gasteiger charge is -2.33. The Kier molecular flexibility index (Phi) is 6.71. The maximum absolute atomic E-state index is 4.99. The monoisotopic (exact) mass is 503 g/mol. The van der Waals surface area contributed by atoms with Crippen LogP contribution in [0.4, 0.5) is 17.1 Å². The van der Waals surface area contributed by atoms with E-state index >= 15 is 0 Å². The molecule has 0 saturated carbocycles. The minimum atomic E-state index is 0.643. The van der Waals surface area contributed by atoms with E-state index in [1.807, 2.05) is 67.6 Å². The van der Waals surface area contributed by atoms with Crippen molar-refractivity contribution in [1.82, 2.24) is 0 Å². The van der Waals surface area contributed by atoms with Gasteiger partial charge in [0.2, 0.25) is 0 Å². The highest BCUT2D eigenvalue weighted by Gasteiger charge is 2.23. The second kappa shape index (κ2) is 10.8. The number of nitrogens with zero attached hydrogens (tertiary/aromatic N) is 3. The molecule has 0 radical (unpaired) electrons. The van der Waals surface area contributed by atoms with E-state index < -0.39 is 0 Å². The van der Waals surface area contributed by atoms with Crippen LogP contribution in [-0.2, 0) is 6.42 Å².